The van der Waals surface area contributed by atoms with Crippen molar-refractivity contribution in [1.82, 2.24) is 0 Å². The topological polar surface area (TPSA) is 51.2 Å². The van der Waals surface area contributed by atoms with Crippen LogP contribution in [0.5, 0.6) is 0 Å². The first kappa shape index (κ1) is 62.2. The van der Waals surface area contributed by atoms with Crippen molar-refractivity contribution < 1.29 is 14.4 Å². The van der Waals surface area contributed by atoms with E-state index in [1.54, 1.807) is 0 Å². The van der Waals surface area contributed by atoms with Crippen molar-refractivity contribution in [2.45, 2.75) is 273 Å². The van der Waals surface area contributed by atoms with Crippen molar-refractivity contribution in [3.05, 3.63) is 0 Å². The summed E-state index contributed by atoms with van der Waals surface area (Å²) in [7, 11) is 0. The summed E-state index contributed by atoms with van der Waals surface area (Å²) in [6.45, 7) is 13.3. The third-order valence-corrected chi connectivity index (χ3v) is 11.9. The SMILES string of the molecule is CCCCCCCCCCC(CCCC)C(=O)[S-].CCCCCCCCCCC(CCCC)C(=O)[S-].CCCCCCCCCCC(CCCC)C(=O)[S-].[Bi+3]. The number of unbranched alkanes of at least 4 members (excludes halogenated alkanes) is 24. The van der Waals surface area contributed by atoms with Crippen molar-refractivity contribution in [3.63, 3.8) is 0 Å². The zero-order chi connectivity index (χ0) is 40.9. The molecule has 0 aromatic rings. The van der Waals surface area contributed by atoms with Gasteiger partial charge < -0.3 is 52.3 Å². The smallest absolute Gasteiger partial charge is 0.742 e. The van der Waals surface area contributed by atoms with Gasteiger partial charge in [0.1, 0.15) is 0 Å². The zero-order valence-electron chi connectivity index (χ0n) is 37.6. The van der Waals surface area contributed by atoms with Gasteiger partial charge in [-0.25, -0.2) is 0 Å². The average Bonchev–Trinajstić information content (AvgIpc) is 3.15. The van der Waals surface area contributed by atoms with Crippen LogP contribution >= 0.6 is 0 Å². The first-order valence-electron chi connectivity index (χ1n) is 23.8. The van der Waals surface area contributed by atoms with E-state index in [0.29, 0.717) is 0 Å². The summed E-state index contributed by atoms with van der Waals surface area (Å²) in [6.07, 6.45) is 44.9. The minimum atomic E-state index is -0.00797. The summed E-state index contributed by atoms with van der Waals surface area (Å²) in [6, 6.07) is 0. The summed E-state index contributed by atoms with van der Waals surface area (Å²) in [4.78, 5) is 33.9. The molecule has 0 saturated carbocycles. The summed E-state index contributed by atoms with van der Waals surface area (Å²) in [5, 5.41) is -0.0239. The molecule has 0 aliphatic heterocycles. The molecule has 0 aliphatic rings. The second kappa shape index (κ2) is 52.6. The number of carbonyl (C=O) groups excluding carboxylic acids is 3. The van der Waals surface area contributed by atoms with E-state index in [2.05, 4.69) is 41.5 Å². The normalized spacial score (nSPS) is 12.3. The van der Waals surface area contributed by atoms with Crippen molar-refractivity contribution in [1.29, 1.82) is 0 Å². The fraction of sp³-hybridized carbons (Fsp3) is 0.938. The number of carbonyl (C=O) groups is 3. The van der Waals surface area contributed by atoms with E-state index >= 15 is 0 Å². The van der Waals surface area contributed by atoms with Crippen LogP contribution in [-0.4, -0.2) is 41.5 Å². The summed E-state index contributed by atoms with van der Waals surface area (Å²) < 4.78 is 0. The standard InChI is InChI=1S/3C16H32OS.Bi/c3*1-3-5-7-8-9-10-11-12-14-15(16(17)18)13-6-4-2;/h3*15H,3-14H2,1-2H3,(H,17,18);/q;;;+3/p-3. The van der Waals surface area contributed by atoms with Gasteiger partial charge in [-0.3, -0.25) is 0 Å². The summed E-state index contributed by atoms with van der Waals surface area (Å²) >= 11 is 14.5. The van der Waals surface area contributed by atoms with Crippen LogP contribution in [0.3, 0.4) is 0 Å². The van der Waals surface area contributed by atoms with Crippen LogP contribution in [0.1, 0.15) is 273 Å². The molecule has 55 heavy (non-hydrogen) atoms. The van der Waals surface area contributed by atoms with E-state index in [1.807, 2.05) is 0 Å². The number of hydrogen-bond acceptors (Lipinski definition) is 6. The first-order chi connectivity index (χ1) is 26.2. The molecule has 3 unspecified atom stereocenters. The van der Waals surface area contributed by atoms with Gasteiger partial charge in [0.05, 0.1) is 0 Å². The first-order valence-corrected chi connectivity index (χ1v) is 25.0. The Morgan fingerprint density at radius 2 is 0.418 bits per heavy atom. The van der Waals surface area contributed by atoms with Crippen LogP contribution in [0.15, 0.2) is 0 Å². The fourth-order valence-corrected chi connectivity index (χ4v) is 7.77. The van der Waals surface area contributed by atoms with Gasteiger partial charge in [-0.1, -0.05) is 234 Å². The van der Waals surface area contributed by atoms with Crippen molar-refractivity contribution in [2.75, 3.05) is 0 Å². The molecular weight excluding hydrogens is 930 g/mol. The molecule has 0 N–H and O–H groups in total. The Balaban J connectivity index is -0.000000351. The summed E-state index contributed by atoms with van der Waals surface area (Å²) in [5.74, 6) is 0.500. The molecule has 0 aliphatic carbocycles. The van der Waals surface area contributed by atoms with Gasteiger partial charge in [0, 0.05) is 15.3 Å². The maximum Gasteiger partial charge on any atom is 3.00 e. The summed E-state index contributed by atoms with van der Waals surface area (Å²) in [5.41, 5.74) is 0. The van der Waals surface area contributed by atoms with E-state index in [9.17, 15) is 14.4 Å². The largest absolute Gasteiger partial charge is 3.00 e. The maximum absolute atomic E-state index is 11.3. The fourth-order valence-electron chi connectivity index (χ4n) is 7.07. The Labute approximate surface area is 381 Å². The van der Waals surface area contributed by atoms with Gasteiger partial charge in [0.25, 0.3) is 0 Å². The van der Waals surface area contributed by atoms with Gasteiger partial charge in [0.2, 0.25) is 0 Å². The minimum absolute atomic E-state index is 0. The van der Waals surface area contributed by atoms with Crippen LogP contribution in [0, 0.1) is 17.8 Å². The third kappa shape index (κ3) is 50.6. The average molecular weight is 1020 g/mol. The molecule has 3 atom stereocenters. The van der Waals surface area contributed by atoms with Gasteiger partial charge in [-0.05, 0) is 56.3 Å². The minimum Gasteiger partial charge on any atom is -0.742 e. The van der Waals surface area contributed by atoms with Crippen molar-refractivity contribution >= 4 is 79.4 Å². The monoisotopic (exact) mass is 1020 g/mol. The molecule has 0 rings (SSSR count). The van der Waals surface area contributed by atoms with E-state index in [-0.39, 0.29) is 59.3 Å². The third-order valence-electron chi connectivity index (χ3n) is 10.9. The van der Waals surface area contributed by atoms with E-state index in [4.69, 9.17) is 37.9 Å². The van der Waals surface area contributed by atoms with E-state index in [0.717, 1.165) is 77.0 Å². The molecule has 0 bridgehead atoms. The Hall–Kier alpha value is 0.553. The van der Waals surface area contributed by atoms with Gasteiger partial charge in [-0.15, -0.1) is 0 Å². The van der Waals surface area contributed by atoms with Crippen LogP contribution in [0.2, 0.25) is 0 Å². The predicted molar refractivity (Wildman–Crippen MR) is 254 cm³/mol. The van der Waals surface area contributed by atoms with Crippen LogP contribution in [-0.2, 0) is 52.3 Å². The maximum atomic E-state index is 11.3. The molecule has 0 aromatic heterocycles. The van der Waals surface area contributed by atoms with Crippen LogP contribution in [0.4, 0.5) is 0 Å². The van der Waals surface area contributed by atoms with E-state index in [1.165, 1.54) is 154 Å². The Morgan fingerprint density at radius 1 is 0.273 bits per heavy atom. The molecule has 0 heterocycles. The van der Waals surface area contributed by atoms with Crippen molar-refractivity contribution in [3.8, 4) is 0 Å². The molecule has 3 nitrogen and oxygen atoms in total. The molecule has 0 spiro atoms. The van der Waals surface area contributed by atoms with Gasteiger partial charge in [0.15, 0.2) is 0 Å². The second-order valence-electron chi connectivity index (χ2n) is 16.3. The Bertz CT molecular complexity index is 682. The van der Waals surface area contributed by atoms with Crippen LogP contribution in [0.25, 0.3) is 0 Å². The molecular formula is C48H93BiO3S3. The molecule has 326 valence electrons. The molecule has 2 radical (unpaired) electrons. The van der Waals surface area contributed by atoms with Crippen molar-refractivity contribution in [2.24, 2.45) is 17.8 Å². The second-order valence-corrected chi connectivity index (χ2v) is 17.5. The molecule has 7 heteroatoms. The van der Waals surface area contributed by atoms with E-state index < -0.39 is 0 Å². The quantitative estimate of drug-likeness (QED) is 0.0347. The molecule has 0 fully saturated rings. The van der Waals surface area contributed by atoms with Crippen LogP contribution < -0.4 is 0 Å². The van der Waals surface area contributed by atoms with Gasteiger partial charge >= 0.3 is 26.2 Å². The number of rotatable bonds is 39. The molecule has 0 aromatic carbocycles. The Kier molecular flexibility index (Phi) is 59.5. The van der Waals surface area contributed by atoms with Gasteiger partial charge in [-0.2, -0.15) is 0 Å². The Morgan fingerprint density at radius 3 is 0.582 bits per heavy atom. The number of hydrogen-bond donors (Lipinski definition) is 0. The molecule has 0 saturated heterocycles. The molecule has 0 amide bonds. The zero-order valence-corrected chi connectivity index (χ0v) is 43.5. The predicted octanol–water partition coefficient (Wildman–Crippen LogP) is 15.8.